The van der Waals surface area contributed by atoms with Gasteiger partial charge in [0.15, 0.2) is 0 Å². The van der Waals surface area contributed by atoms with Crippen molar-refractivity contribution in [2.45, 2.75) is 11.8 Å². The molecule has 13 heteroatoms. The van der Waals surface area contributed by atoms with Gasteiger partial charge in [-0.05, 0) is 51.8 Å². The van der Waals surface area contributed by atoms with Gasteiger partial charge in [-0.1, -0.05) is 17.7 Å². The molecule has 0 fully saturated rings. The minimum absolute atomic E-state index is 0.0323. The molecule has 0 radical (unpaired) electrons. The van der Waals surface area contributed by atoms with E-state index in [2.05, 4.69) is 21.0 Å². The van der Waals surface area contributed by atoms with Crippen molar-refractivity contribution in [3.8, 4) is 16.9 Å². The van der Waals surface area contributed by atoms with E-state index in [9.17, 15) is 37.0 Å². The number of hydrogen-bond donors (Lipinski definition) is 1. The summed E-state index contributed by atoms with van der Waals surface area (Å²) in [6.45, 7) is 0. The molecule has 1 atom stereocenters. The minimum Gasteiger partial charge on any atom is -0.545 e. The van der Waals surface area contributed by atoms with Gasteiger partial charge in [-0.25, -0.2) is 13.5 Å². The van der Waals surface area contributed by atoms with E-state index in [4.69, 9.17) is 11.6 Å². The van der Waals surface area contributed by atoms with Crippen molar-refractivity contribution in [2.75, 3.05) is 0 Å². The molecule has 0 amide bonds. The monoisotopic (exact) mass is 588 g/mol. The van der Waals surface area contributed by atoms with E-state index in [0.717, 1.165) is 10.6 Å². The van der Waals surface area contributed by atoms with Crippen molar-refractivity contribution in [3.05, 3.63) is 92.8 Å². The first-order chi connectivity index (χ1) is 16.7. The predicted octanol–water partition coefficient (Wildman–Crippen LogP) is 4.73. The highest BCUT2D eigenvalue weighted by atomic mass is 79.9. The Morgan fingerprint density at radius 3 is 2.31 bits per heavy atom. The Kier molecular flexibility index (Phi) is 6.48. The highest BCUT2D eigenvalue weighted by Gasteiger charge is 2.58. The van der Waals surface area contributed by atoms with Crippen LogP contribution in [0.25, 0.3) is 16.9 Å². The molecule has 188 valence electrons. The molecule has 1 unspecified atom stereocenters. The van der Waals surface area contributed by atoms with E-state index in [-0.39, 0.29) is 20.9 Å². The first-order valence-electron chi connectivity index (χ1n) is 9.91. The normalized spacial score (nSPS) is 13.6. The zero-order chi connectivity index (χ0) is 26.6. The van der Waals surface area contributed by atoms with E-state index in [1.165, 1.54) is 42.3 Å². The van der Waals surface area contributed by atoms with Crippen LogP contribution in [0, 0.1) is 11.6 Å². The summed E-state index contributed by atoms with van der Waals surface area (Å²) < 4.78 is 72.4. The van der Waals surface area contributed by atoms with Crippen molar-refractivity contribution in [2.24, 2.45) is 7.05 Å². The fraction of sp³-hybridized carbons (Fsp3) is 0.130. The van der Waals surface area contributed by atoms with Crippen molar-refractivity contribution in [3.63, 3.8) is 0 Å². The number of benzene rings is 2. The number of nitrogens with zero attached hydrogens (tertiary/aromatic N) is 3. The van der Waals surface area contributed by atoms with Crippen LogP contribution in [0.15, 0.2) is 59.3 Å². The topological polar surface area (TPSA) is 83.1 Å². The van der Waals surface area contributed by atoms with E-state index in [1.54, 1.807) is 0 Å². The van der Waals surface area contributed by atoms with Crippen LogP contribution in [0.1, 0.15) is 21.6 Å². The first-order valence-corrected chi connectivity index (χ1v) is 11.1. The number of hydrogen-bond acceptors (Lipinski definition) is 4. The van der Waals surface area contributed by atoms with E-state index >= 15 is 0 Å². The Morgan fingerprint density at radius 2 is 1.72 bits per heavy atom. The number of carbonyl (C=O) groups is 1. The maximum absolute atomic E-state index is 14.2. The summed E-state index contributed by atoms with van der Waals surface area (Å²) in [6, 6.07) is 6.27. The van der Waals surface area contributed by atoms with Gasteiger partial charge in [-0.3, -0.25) is 0 Å². The summed E-state index contributed by atoms with van der Waals surface area (Å²) in [5.41, 5.74) is -5.06. The number of aromatic nitrogens is 3. The lowest BCUT2D eigenvalue weighted by Gasteiger charge is -2.31. The molecule has 4 rings (SSSR count). The van der Waals surface area contributed by atoms with Crippen LogP contribution in [0.2, 0.25) is 5.02 Å². The Morgan fingerprint density at radius 1 is 1.08 bits per heavy atom. The van der Waals surface area contributed by atoms with Crippen LogP contribution in [-0.2, 0) is 12.6 Å². The number of halogens is 7. The van der Waals surface area contributed by atoms with Gasteiger partial charge in [0, 0.05) is 41.0 Å². The minimum atomic E-state index is -5.37. The van der Waals surface area contributed by atoms with E-state index in [0.29, 0.717) is 29.3 Å². The number of rotatable bonds is 5. The lowest BCUT2D eigenvalue weighted by atomic mass is 9.89. The van der Waals surface area contributed by atoms with Crippen LogP contribution in [0.3, 0.4) is 0 Å². The van der Waals surface area contributed by atoms with Gasteiger partial charge in [0.1, 0.15) is 17.5 Å². The maximum Gasteiger partial charge on any atom is 0.427 e. The Hall–Kier alpha value is -3.22. The van der Waals surface area contributed by atoms with Gasteiger partial charge in [0.25, 0.3) is 0 Å². The fourth-order valence-electron chi connectivity index (χ4n) is 3.83. The maximum atomic E-state index is 14.2. The van der Waals surface area contributed by atoms with Gasteiger partial charge in [-0.15, -0.1) is 0 Å². The molecule has 0 saturated carbocycles. The molecule has 6 nitrogen and oxygen atoms in total. The second-order valence-corrected chi connectivity index (χ2v) is 9.04. The van der Waals surface area contributed by atoms with Crippen molar-refractivity contribution < 1.29 is 37.0 Å². The zero-order valence-corrected chi connectivity index (χ0v) is 20.3. The SMILES string of the molecule is Cn1c(C(O)(c2cc(F)cc(F)c2)C(F)(F)F)cc(Br)c1-n1cc(-c2ccc(Cl)c(C(=O)[O-])c2)cn1. The molecule has 0 aliphatic heterocycles. The summed E-state index contributed by atoms with van der Waals surface area (Å²) in [7, 11) is 1.21. The molecule has 2 aromatic heterocycles. The summed E-state index contributed by atoms with van der Waals surface area (Å²) in [5, 5.41) is 26.2. The quantitative estimate of drug-likeness (QED) is 0.341. The number of aliphatic hydroxyl groups is 1. The van der Waals surface area contributed by atoms with E-state index in [1.807, 2.05) is 0 Å². The van der Waals surface area contributed by atoms with Crippen LogP contribution in [-0.4, -0.2) is 31.6 Å². The van der Waals surface area contributed by atoms with Gasteiger partial charge in [0.05, 0.1) is 22.3 Å². The molecular formula is C23H13BrClF5N3O3-. The zero-order valence-electron chi connectivity index (χ0n) is 17.9. The third kappa shape index (κ3) is 4.29. The highest BCUT2D eigenvalue weighted by molar-refractivity contribution is 9.10. The fourth-order valence-corrected chi connectivity index (χ4v) is 4.69. The Bertz CT molecular complexity index is 1480. The lowest BCUT2D eigenvalue weighted by Crippen LogP contribution is -2.45. The highest BCUT2D eigenvalue weighted by Crippen LogP contribution is 2.46. The van der Waals surface area contributed by atoms with E-state index < -0.39 is 40.6 Å². The van der Waals surface area contributed by atoms with Crippen LogP contribution in [0.5, 0.6) is 0 Å². The van der Waals surface area contributed by atoms with Crippen LogP contribution >= 0.6 is 27.5 Å². The second kappa shape index (κ2) is 9.02. The Balaban J connectivity index is 1.85. The third-order valence-electron chi connectivity index (χ3n) is 5.54. The predicted molar refractivity (Wildman–Crippen MR) is 120 cm³/mol. The molecule has 0 bridgehead atoms. The molecule has 4 aromatic rings. The molecule has 2 heterocycles. The third-order valence-corrected chi connectivity index (χ3v) is 6.45. The molecular weight excluding hydrogens is 577 g/mol. The van der Waals surface area contributed by atoms with Crippen LogP contribution < -0.4 is 5.11 Å². The average Bonchev–Trinajstić information content (AvgIpc) is 3.36. The molecule has 0 spiro atoms. The summed E-state index contributed by atoms with van der Waals surface area (Å²) >= 11 is 9.02. The van der Waals surface area contributed by atoms with Gasteiger partial charge in [-0.2, -0.15) is 18.3 Å². The second-order valence-electron chi connectivity index (χ2n) is 7.78. The number of carboxylic acid groups (broad SMARTS) is 1. The number of alkyl halides is 3. The molecule has 1 N–H and O–H groups in total. The molecule has 2 aromatic carbocycles. The lowest BCUT2D eigenvalue weighted by molar-refractivity contribution is -0.255. The number of carboxylic acids is 1. The number of carbonyl (C=O) groups excluding carboxylic acids is 1. The van der Waals surface area contributed by atoms with Crippen LogP contribution in [0.4, 0.5) is 22.0 Å². The molecule has 0 saturated heterocycles. The summed E-state index contributed by atoms with van der Waals surface area (Å²) in [4.78, 5) is 11.3. The van der Waals surface area contributed by atoms with Gasteiger partial charge < -0.3 is 19.6 Å². The molecule has 0 aliphatic carbocycles. The first kappa shape index (κ1) is 25.9. The van der Waals surface area contributed by atoms with Gasteiger partial charge >= 0.3 is 6.18 Å². The largest absolute Gasteiger partial charge is 0.545 e. The smallest absolute Gasteiger partial charge is 0.427 e. The number of aromatic carboxylic acids is 1. The van der Waals surface area contributed by atoms with Crippen molar-refractivity contribution >= 4 is 33.5 Å². The standard InChI is InChI=1S/C23H14BrClF5N3O3/c1-32-19(22(36,23(28,29)30)13-5-14(26)7-15(27)6-13)8-17(24)20(32)33-10-12(9-31-33)11-2-3-18(25)16(4-11)21(34)35/h2-10,36H,1H3,(H,34,35)/p-1. The summed E-state index contributed by atoms with van der Waals surface area (Å²) in [5.74, 6) is -4.05. The Labute approximate surface area is 213 Å². The molecule has 0 aliphatic rings. The van der Waals surface area contributed by atoms with Crippen molar-refractivity contribution in [1.29, 1.82) is 0 Å². The molecule has 36 heavy (non-hydrogen) atoms. The van der Waals surface area contributed by atoms with Gasteiger partial charge in [0.2, 0.25) is 5.60 Å². The van der Waals surface area contributed by atoms with Crippen molar-refractivity contribution in [1.82, 2.24) is 14.3 Å². The summed E-state index contributed by atoms with van der Waals surface area (Å²) in [6.07, 6.45) is -2.63. The average molecular weight is 590 g/mol.